The molecule has 2 fully saturated rings. The summed E-state index contributed by atoms with van der Waals surface area (Å²) in [6.45, 7) is 4.70. The van der Waals surface area contributed by atoms with Gasteiger partial charge in [0.1, 0.15) is 0 Å². The third-order valence-corrected chi connectivity index (χ3v) is 4.34. The molecule has 0 amide bonds. The van der Waals surface area contributed by atoms with E-state index in [0.717, 1.165) is 19.0 Å². The number of nitrogens with zero attached hydrogens (tertiary/aromatic N) is 2. The Kier molecular flexibility index (Phi) is 6.48. The quantitative estimate of drug-likeness (QED) is 0.604. The van der Waals surface area contributed by atoms with Crippen LogP contribution in [-0.4, -0.2) is 50.1 Å². The number of hydrogen-bond donors (Lipinski definition) is 2. The van der Waals surface area contributed by atoms with E-state index < -0.39 is 0 Å². The molecule has 0 atom stereocenters. The third kappa shape index (κ3) is 5.39. The Labute approximate surface area is 118 Å². The predicted octanol–water partition coefficient (Wildman–Crippen LogP) is 1.97. The standard InChI is InChI=1S/C15H30N4/c1-16-15(18-14-8-4-5-9-14)17-10-13-19-11-6-2-3-7-12-19/h14H,2-13H2,1H3,(H2,16,17,18). The van der Waals surface area contributed by atoms with E-state index in [0.29, 0.717) is 6.04 Å². The van der Waals surface area contributed by atoms with Crippen molar-refractivity contribution in [3.63, 3.8) is 0 Å². The van der Waals surface area contributed by atoms with Gasteiger partial charge in [0.15, 0.2) is 5.96 Å². The molecule has 0 unspecified atom stereocenters. The Bertz CT molecular complexity index is 263. The molecular weight excluding hydrogens is 236 g/mol. The Morgan fingerprint density at radius 1 is 1.05 bits per heavy atom. The van der Waals surface area contributed by atoms with Crippen molar-refractivity contribution in [3.8, 4) is 0 Å². The summed E-state index contributed by atoms with van der Waals surface area (Å²) in [5, 5.41) is 7.00. The summed E-state index contributed by atoms with van der Waals surface area (Å²) < 4.78 is 0. The third-order valence-electron chi connectivity index (χ3n) is 4.34. The van der Waals surface area contributed by atoms with Crippen LogP contribution in [-0.2, 0) is 0 Å². The summed E-state index contributed by atoms with van der Waals surface area (Å²) in [4.78, 5) is 6.91. The monoisotopic (exact) mass is 266 g/mol. The van der Waals surface area contributed by atoms with Gasteiger partial charge in [0.05, 0.1) is 0 Å². The smallest absolute Gasteiger partial charge is 0.191 e. The first-order valence-corrected chi connectivity index (χ1v) is 8.08. The maximum Gasteiger partial charge on any atom is 0.191 e. The van der Waals surface area contributed by atoms with Crippen LogP contribution < -0.4 is 10.6 Å². The fourth-order valence-electron chi connectivity index (χ4n) is 3.15. The van der Waals surface area contributed by atoms with E-state index in [2.05, 4.69) is 20.5 Å². The SMILES string of the molecule is CN=C(NCCN1CCCCCC1)NC1CCCC1. The average Bonchev–Trinajstić information content (AvgIpc) is 2.80. The number of aliphatic imine (C=N–C) groups is 1. The number of hydrogen-bond acceptors (Lipinski definition) is 2. The van der Waals surface area contributed by atoms with Crippen LogP contribution in [0.5, 0.6) is 0 Å². The van der Waals surface area contributed by atoms with Crippen molar-refractivity contribution in [2.45, 2.75) is 57.4 Å². The summed E-state index contributed by atoms with van der Waals surface area (Å²) in [5.74, 6) is 0.988. The zero-order valence-corrected chi connectivity index (χ0v) is 12.5. The molecule has 4 nitrogen and oxygen atoms in total. The second-order valence-electron chi connectivity index (χ2n) is 5.88. The van der Waals surface area contributed by atoms with Crippen molar-refractivity contribution in [2.24, 2.45) is 4.99 Å². The molecule has 1 aliphatic carbocycles. The van der Waals surface area contributed by atoms with Gasteiger partial charge in [0.25, 0.3) is 0 Å². The number of guanidine groups is 1. The van der Waals surface area contributed by atoms with Gasteiger partial charge in [-0.3, -0.25) is 4.99 Å². The molecule has 1 aliphatic heterocycles. The molecule has 1 saturated carbocycles. The highest BCUT2D eigenvalue weighted by Gasteiger charge is 2.16. The van der Waals surface area contributed by atoms with Gasteiger partial charge < -0.3 is 15.5 Å². The Morgan fingerprint density at radius 2 is 1.74 bits per heavy atom. The van der Waals surface area contributed by atoms with Crippen LogP contribution in [0, 0.1) is 0 Å². The highest BCUT2D eigenvalue weighted by atomic mass is 15.2. The van der Waals surface area contributed by atoms with Crippen LogP contribution in [0.3, 0.4) is 0 Å². The van der Waals surface area contributed by atoms with Crippen molar-refractivity contribution >= 4 is 5.96 Å². The predicted molar refractivity (Wildman–Crippen MR) is 81.7 cm³/mol. The van der Waals surface area contributed by atoms with Crippen LogP contribution in [0.4, 0.5) is 0 Å². The maximum absolute atomic E-state index is 4.33. The minimum Gasteiger partial charge on any atom is -0.355 e. The molecule has 2 N–H and O–H groups in total. The van der Waals surface area contributed by atoms with Crippen LogP contribution in [0.25, 0.3) is 0 Å². The lowest BCUT2D eigenvalue weighted by Gasteiger charge is -2.21. The highest BCUT2D eigenvalue weighted by Crippen LogP contribution is 2.17. The van der Waals surface area contributed by atoms with Crippen molar-refractivity contribution < 1.29 is 0 Å². The highest BCUT2D eigenvalue weighted by molar-refractivity contribution is 5.79. The molecular formula is C15H30N4. The molecule has 19 heavy (non-hydrogen) atoms. The summed E-state index contributed by atoms with van der Waals surface area (Å²) in [5.41, 5.74) is 0. The van der Waals surface area contributed by atoms with Gasteiger partial charge in [0.2, 0.25) is 0 Å². The van der Waals surface area contributed by atoms with Crippen molar-refractivity contribution in [2.75, 3.05) is 33.2 Å². The van der Waals surface area contributed by atoms with Gasteiger partial charge in [-0.25, -0.2) is 0 Å². The Morgan fingerprint density at radius 3 is 2.37 bits per heavy atom. The topological polar surface area (TPSA) is 39.7 Å². The van der Waals surface area contributed by atoms with E-state index in [4.69, 9.17) is 0 Å². The zero-order valence-electron chi connectivity index (χ0n) is 12.5. The molecule has 110 valence electrons. The lowest BCUT2D eigenvalue weighted by molar-refractivity contribution is 0.289. The van der Waals surface area contributed by atoms with E-state index in [1.165, 1.54) is 64.5 Å². The van der Waals surface area contributed by atoms with Crippen LogP contribution in [0.15, 0.2) is 4.99 Å². The molecule has 1 saturated heterocycles. The second kappa shape index (κ2) is 8.41. The summed E-state index contributed by atoms with van der Waals surface area (Å²) >= 11 is 0. The molecule has 0 bridgehead atoms. The largest absolute Gasteiger partial charge is 0.355 e. The number of nitrogens with one attached hydrogen (secondary N) is 2. The maximum atomic E-state index is 4.33. The molecule has 0 radical (unpaired) electrons. The van der Waals surface area contributed by atoms with Gasteiger partial charge >= 0.3 is 0 Å². The Hall–Kier alpha value is -0.770. The van der Waals surface area contributed by atoms with Gasteiger partial charge in [-0.15, -0.1) is 0 Å². The first-order valence-electron chi connectivity index (χ1n) is 8.08. The lowest BCUT2D eigenvalue weighted by Crippen LogP contribution is -2.45. The minimum atomic E-state index is 0.643. The van der Waals surface area contributed by atoms with E-state index in [1.807, 2.05) is 7.05 Å². The van der Waals surface area contributed by atoms with Crippen molar-refractivity contribution in [3.05, 3.63) is 0 Å². The van der Waals surface area contributed by atoms with Crippen molar-refractivity contribution in [1.29, 1.82) is 0 Å². The fourth-order valence-corrected chi connectivity index (χ4v) is 3.15. The van der Waals surface area contributed by atoms with E-state index >= 15 is 0 Å². The van der Waals surface area contributed by atoms with Gasteiger partial charge in [-0.1, -0.05) is 25.7 Å². The molecule has 0 aromatic rings. The number of likely N-dealkylation sites (tertiary alicyclic amines) is 1. The van der Waals surface area contributed by atoms with Crippen LogP contribution in [0.1, 0.15) is 51.4 Å². The van der Waals surface area contributed by atoms with Gasteiger partial charge in [0, 0.05) is 26.2 Å². The molecule has 0 aromatic heterocycles. The van der Waals surface area contributed by atoms with E-state index in [1.54, 1.807) is 0 Å². The molecule has 0 aromatic carbocycles. The summed E-state index contributed by atoms with van der Waals surface area (Å²) in [6.07, 6.45) is 10.9. The summed E-state index contributed by atoms with van der Waals surface area (Å²) in [7, 11) is 1.87. The van der Waals surface area contributed by atoms with E-state index in [9.17, 15) is 0 Å². The fraction of sp³-hybridized carbons (Fsp3) is 0.933. The normalized spacial score (nSPS) is 23.3. The average molecular weight is 266 g/mol. The first kappa shape index (κ1) is 14.6. The summed E-state index contributed by atoms with van der Waals surface area (Å²) in [6, 6.07) is 0.643. The van der Waals surface area contributed by atoms with Gasteiger partial charge in [-0.2, -0.15) is 0 Å². The second-order valence-corrected chi connectivity index (χ2v) is 5.88. The number of rotatable bonds is 4. The van der Waals surface area contributed by atoms with E-state index in [-0.39, 0.29) is 0 Å². The Balaban J connectivity index is 1.62. The van der Waals surface area contributed by atoms with Crippen molar-refractivity contribution in [1.82, 2.24) is 15.5 Å². The minimum absolute atomic E-state index is 0.643. The first-order chi connectivity index (χ1) is 9.38. The zero-order chi connectivity index (χ0) is 13.3. The molecule has 4 heteroatoms. The lowest BCUT2D eigenvalue weighted by atomic mass is 10.2. The van der Waals surface area contributed by atoms with Gasteiger partial charge in [-0.05, 0) is 38.8 Å². The molecule has 2 rings (SSSR count). The molecule has 2 aliphatic rings. The van der Waals surface area contributed by atoms with Crippen LogP contribution in [0.2, 0.25) is 0 Å². The molecule has 0 spiro atoms. The molecule has 1 heterocycles. The van der Waals surface area contributed by atoms with Crippen LogP contribution >= 0.6 is 0 Å².